The van der Waals surface area contributed by atoms with Crippen molar-refractivity contribution in [2.24, 2.45) is 5.73 Å². The van der Waals surface area contributed by atoms with Crippen LogP contribution in [0.4, 0.5) is 9.59 Å². The number of carbonyl (C=O) groups is 4. The molecule has 29 heavy (non-hydrogen) atoms. The zero-order valence-electron chi connectivity index (χ0n) is 14.6. The number of hydrazine groups is 1. The van der Waals surface area contributed by atoms with Crippen molar-refractivity contribution >= 4 is 34.1 Å². The van der Waals surface area contributed by atoms with Crippen molar-refractivity contribution in [1.29, 1.82) is 0 Å². The van der Waals surface area contributed by atoms with Crippen molar-refractivity contribution < 1.29 is 37.8 Å². The molecule has 2 aliphatic rings. The Hall–Kier alpha value is -3.59. The van der Waals surface area contributed by atoms with E-state index < -0.39 is 51.6 Å². The lowest BCUT2D eigenvalue weighted by Crippen LogP contribution is -2.66. The van der Waals surface area contributed by atoms with Gasteiger partial charge in [0.2, 0.25) is 5.91 Å². The number of carbonyl (C=O) groups excluding carboxylic acids is 4. The van der Waals surface area contributed by atoms with Crippen LogP contribution in [-0.4, -0.2) is 82.4 Å². The predicted octanol–water partition coefficient (Wildman–Crippen LogP) is -2.40. The summed E-state index contributed by atoms with van der Waals surface area (Å²) in [5.74, 6) is -2.61. The third-order valence-corrected chi connectivity index (χ3v) is 5.51. The van der Waals surface area contributed by atoms with Gasteiger partial charge in [0, 0.05) is 5.56 Å². The molecule has 15 heteroatoms. The fraction of sp³-hybridized carbons (Fsp3) is 0.286. The molecule has 0 spiro atoms. The number of imide groups is 1. The quantitative estimate of drug-likeness (QED) is 0.256. The second-order valence-corrected chi connectivity index (χ2v) is 7.71. The monoisotopic (exact) mass is 428 g/mol. The van der Waals surface area contributed by atoms with Crippen LogP contribution in [-0.2, 0) is 15.0 Å². The molecule has 6 amide bonds. The summed E-state index contributed by atoms with van der Waals surface area (Å²) in [4.78, 5) is 48.3. The summed E-state index contributed by atoms with van der Waals surface area (Å²) in [6.07, 6.45) is 0. The van der Waals surface area contributed by atoms with Crippen molar-refractivity contribution in [1.82, 2.24) is 24.4 Å². The zero-order chi connectivity index (χ0) is 21.5. The first kappa shape index (κ1) is 20.2. The van der Waals surface area contributed by atoms with Crippen LogP contribution < -0.4 is 15.9 Å². The number of phenolic OH excluding ortho intramolecular Hbond substituents is 2. The lowest BCUT2D eigenvalue weighted by Gasteiger charge is -2.34. The summed E-state index contributed by atoms with van der Waals surface area (Å²) in [6, 6.07) is -0.0872. The van der Waals surface area contributed by atoms with Gasteiger partial charge in [0.15, 0.2) is 11.5 Å². The summed E-state index contributed by atoms with van der Waals surface area (Å²) in [6.45, 7) is -0.761. The molecular formula is C14H16N6O8S. The lowest BCUT2D eigenvalue weighted by molar-refractivity contribution is -0.137. The Bertz CT molecular complexity index is 1010. The maximum absolute atomic E-state index is 12.3. The van der Waals surface area contributed by atoms with Gasteiger partial charge in [-0.1, -0.05) is 0 Å². The highest BCUT2D eigenvalue weighted by Gasteiger charge is 2.43. The van der Waals surface area contributed by atoms with Gasteiger partial charge in [0.05, 0.1) is 19.6 Å². The molecule has 0 radical (unpaired) electrons. The Morgan fingerprint density at radius 2 is 1.83 bits per heavy atom. The fourth-order valence-electron chi connectivity index (χ4n) is 2.55. The van der Waals surface area contributed by atoms with Crippen LogP contribution in [0.25, 0.3) is 0 Å². The Kier molecular flexibility index (Phi) is 4.93. The zero-order valence-corrected chi connectivity index (χ0v) is 15.4. The maximum Gasteiger partial charge on any atom is 0.353 e. The number of β-lactam (4-membered cyclic amide) rings is 1. The summed E-state index contributed by atoms with van der Waals surface area (Å²) >= 11 is 0. The van der Waals surface area contributed by atoms with Crippen LogP contribution >= 0.6 is 0 Å². The minimum absolute atomic E-state index is 0.102. The number of hydrogen-bond acceptors (Lipinski definition) is 9. The Labute approximate surface area is 163 Å². The van der Waals surface area contributed by atoms with E-state index in [9.17, 15) is 37.8 Å². The summed E-state index contributed by atoms with van der Waals surface area (Å²) in [5.41, 5.74) is 7.38. The van der Waals surface area contributed by atoms with E-state index in [1.54, 1.807) is 4.72 Å². The first-order valence-electron chi connectivity index (χ1n) is 8.07. The highest BCUT2D eigenvalue weighted by Crippen LogP contribution is 2.25. The highest BCUT2D eigenvalue weighted by molar-refractivity contribution is 7.88. The van der Waals surface area contributed by atoms with Gasteiger partial charge in [-0.05, 0) is 18.2 Å². The van der Waals surface area contributed by atoms with E-state index in [-0.39, 0.29) is 25.2 Å². The van der Waals surface area contributed by atoms with Crippen molar-refractivity contribution in [3.63, 3.8) is 0 Å². The number of urea groups is 2. The molecular weight excluding hydrogens is 412 g/mol. The topological polar surface area (TPSA) is 203 Å². The molecule has 1 atom stereocenters. The van der Waals surface area contributed by atoms with E-state index in [0.29, 0.717) is 14.2 Å². The molecule has 2 aliphatic heterocycles. The van der Waals surface area contributed by atoms with Gasteiger partial charge >= 0.3 is 22.3 Å². The van der Waals surface area contributed by atoms with Crippen LogP contribution in [0.2, 0.25) is 0 Å². The molecule has 2 saturated heterocycles. The number of rotatable bonds is 4. The molecule has 156 valence electrons. The van der Waals surface area contributed by atoms with E-state index in [4.69, 9.17) is 5.73 Å². The van der Waals surface area contributed by atoms with Crippen molar-refractivity contribution in [2.75, 3.05) is 19.6 Å². The molecule has 2 fully saturated rings. The van der Waals surface area contributed by atoms with Gasteiger partial charge in [0.1, 0.15) is 6.04 Å². The van der Waals surface area contributed by atoms with Gasteiger partial charge < -0.3 is 15.9 Å². The van der Waals surface area contributed by atoms with E-state index in [1.807, 2.05) is 0 Å². The molecule has 1 aromatic rings. The third-order valence-electron chi connectivity index (χ3n) is 4.16. The SMILES string of the molecule is N[C@H]1CN(C(=O)NS(=O)(=O)N2CCN(NC(=O)c3ccc(O)c(O)c3)C2=O)C1=O. The molecule has 6 N–H and O–H groups in total. The van der Waals surface area contributed by atoms with E-state index in [2.05, 4.69) is 5.43 Å². The van der Waals surface area contributed by atoms with Crippen LogP contribution in [0.5, 0.6) is 11.5 Å². The maximum atomic E-state index is 12.3. The summed E-state index contributed by atoms with van der Waals surface area (Å²) in [5, 5.41) is 19.4. The Morgan fingerprint density at radius 1 is 1.14 bits per heavy atom. The fourth-order valence-corrected chi connectivity index (χ4v) is 3.62. The van der Waals surface area contributed by atoms with Gasteiger partial charge in [-0.2, -0.15) is 8.42 Å². The van der Waals surface area contributed by atoms with E-state index >= 15 is 0 Å². The van der Waals surface area contributed by atoms with Crippen LogP contribution in [0, 0.1) is 0 Å². The normalized spacial score (nSPS) is 19.2. The number of nitrogens with one attached hydrogen (secondary N) is 2. The molecule has 0 aliphatic carbocycles. The van der Waals surface area contributed by atoms with E-state index in [1.165, 1.54) is 6.07 Å². The predicted molar refractivity (Wildman–Crippen MR) is 93.2 cm³/mol. The molecule has 1 aromatic carbocycles. The number of hydrogen-bond donors (Lipinski definition) is 5. The van der Waals surface area contributed by atoms with E-state index in [0.717, 1.165) is 12.1 Å². The second kappa shape index (κ2) is 7.10. The molecule has 2 heterocycles. The van der Waals surface area contributed by atoms with Crippen LogP contribution in [0.1, 0.15) is 10.4 Å². The highest BCUT2D eigenvalue weighted by atomic mass is 32.2. The smallest absolute Gasteiger partial charge is 0.353 e. The van der Waals surface area contributed by atoms with Gasteiger partial charge in [-0.3, -0.25) is 19.9 Å². The molecule has 0 bridgehead atoms. The van der Waals surface area contributed by atoms with Gasteiger partial charge in [-0.25, -0.2) is 23.6 Å². The first-order valence-corrected chi connectivity index (χ1v) is 9.51. The standard InChI is InChI=1S/C14H16N6O8S/c15-8-6-18(12(8)24)13(25)17-29(27,28)20-4-3-19(14(20)26)16-11(23)7-1-2-9(21)10(22)5-7/h1-2,5,8,21-22H,3-4,6,15H2,(H,16,23)(H,17,25)/t8-/m0/s1. The van der Waals surface area contributed by atoms with Crippen molar-refractivity contribution in [3.05, 3.63) is 23.8 Å². The number of likely N-dealkylation sites (tertiary alicyclic amines) is 1. The third kappa shape index (κ3) is 3.72. The van der Waals surface area contributed by atoms with Gasteiger partial charge in [-0.15, -0.1) is 0 Å². The minimum Gasteiger partial charge on any atom is -0.504 e. The van der Waals surface area contributed by atoms with Crippen LogP contribution in [0.3, 0.4) is 0 Å². The van der Waals surface area contributed by atoms with Crippen molar-refractivity contribution in [3.8, 4) is 11.5 Å². The summed E-state index contributed by atoms with van der Waals surface area (Å²) < 4.78 is 26.4. The number of benzene rings is 1. The molecule has 3 rings (SSSR count). The Balaban J connectivity index is 1.64. The summed E-state index contributed by atoms with van der Waals surface area (Å²) in [7, 11) is -4.63. The number of amides is 6. The van der Waals surface area contributed by atoms with Gasteiger partial charge in [0.25, 0.3) is 5.91 Å². The molecule has 14 nitrogen and oxygen atoms in total. The second-order valence-electron chi connectivity index (χ2n) is 6.12. The largest absolute Gasteiger partial charge is 0.504 e. The minimum atomic E-state index is -4.63. The van der Waals surface area contributed by atoms with Crippen molar-refractivity contribution in [2.45, 2.75) is 6.04 Å². The van der Waals surface area contributed by atoms with Crippen LogP contribution in [0.15, 0.2) is 18.2 Å². The number of phenols is 2. The molecule has 0 saturated carbocycles. The lowest BCUT2D eigenvalue weighted by atomic mass is 10.1. The molecule has 0 unspecified atom stereocenters. The average Bonchev–Trinajstić information content (AvgIpc) is 3.02. The first-order chi connectivity index (χ1) is 13.5. The number of nitrogens with two attached hydrogens (primary N) is 1. The Morgan fingerprint density at radius 3 is 2.41 bits per heavy atom. The average molecular weight is 428 g/mol. The number of aromatic hydroxyl groups is 2. The number of nitrogens with zero attached hydrogens (tertiary/aromatic N) is 3. The molecule has 0 aromatic heterocycles.